The van der Waals surface area contributed by atoms with E-state index in [1.165, 1.54) is 49.6 Å². The molecule has 0 bridgehead atoms. The Bertz CT molecular complexity index is 937. The SMILES string of the molecule is COc1ccc(/C=C/C(=O)OCC(=O)Nc2ccc(C(=O)OC(C)C)cc2)cc1F. The Morgan fingerprint density at radius 2 is 1.80 bits per heavy atom. The zero-order chi connectivity index (χ0) is 22.1. The van der Waals surface area contributed by atoms with Crippen LogP contribution in [0.4, 0.5) is 10.1 Å². The zero-order valence-electron chi connectivity index (χ0n) is 16.8. The van der Waals surface area contributed by atoms with Crippen molar-refractivity contribution >= 4 is 29.6 Å². The van der Waals surface area contributed by atoms with Gasteiger partial charge in [0.15, 0.2) is 18.2 Å². The Hall–Kier alpha value is -3.68. The summed E-state index contributed by atoms with van der Waals surface area (Å²) in [6, 6.07) is 10.3. The molecular formula is C22H22FNO6. The molecule has 2 rings (SSSR count). The minimum atomic E-state index is -0.756. The van der Waals surface area contributed by atoms with Crippen LogP contribution in [-0.4, -0.2) is 37.7 Å². The summed E-state index contributed by atoms with van der Waals surface area (Å²) in [5.41, 5.74) is 1.22. The molecule has 0 heterocycles. The number of nitrogens with one attached hydrogen (secondary N) is 1. The first-order chi connectivity index (χ1) is 14.3. The Morgan fingerprint density at radius 1 is 1.10 bits per heavy atom. The molecule has 1 N–H and O–H groups in total. The van der Waals surface area contributed by atoms with E-state index in [9.17, 15) is 18.8 Å². The predicted octanol–water partition coefficient (Wildman–Crippen LogP) is 3.59. The van der Waals surface area contributed by atoms with Crippen LogP contribution >= 0.6 is 0 Å². The summed E-state index contributed by atoms with van der Waals surface area (Å²) in [7, 11) is 1.35. The second-order valence-electron chi connectivity index (χ2n) is 6.41. The van der Waals surface area contributed by atoms with Gasteiger partial charge in [0.05, 0.1) is 18.8 Å². The third-order valence-corrected chi connectivity index (χ3v) is 3.68. The first kappa shape index (κ1) is 22.6. The number of hydrogen-bond donors (Lipinski definition) is 1. The van der Waals surface area contributed by atoms with Crippen LogP contribution in [0.25, 0.3) is 6.08 Å². The topological polar surface area (TPSA) is 90.9 Å². The molecule has 0 aliphatic carbocycles. The largest absolute Gasteiger partial charge is 0.494 e. The summed E-state index contributed by atoms with van der Waals surface area (Å²) in [5.74, 6) is -2.23. The van der Waals surface area contributed by atoms with Gasteiger partial charge in [-0.05, 0) is 61.9 Å². The number of hydrogen-bond acceptors (Lipinski definition) is 6. The maximum atomic E-state index is 13.6. The predicted molar refractivity (Wildman–Crippen MR) is 109 cm³/mol. The second-order valence-corrected chi connectivity index (χ2v) is 6.41. The molecule has 0 unspecified atom stereocenters. The van der Waals surface area contributed by atoms with Gasteiger partial charge in [-0.15, -0.1) is 0 Å². The summed E-state index contributed by atoms with van der Waals surface area (Å²) >= 11 is 0. The number of carbonyl (C=O) groups is 3. The van der Waals surface area contributed by atoms with Crippen LogP contribution in [-0.2, 0) is 19.1 Å². The molecule has 0 radical (unpaired) electrons. The summed E-state index contributed by atoms with van der Waals surface area (Å²) in [4.78, 5) is 35.4. The molecule has 0 saturated heterocycles. The molecule has 158 valence electrons. The van der Waals surface area contributed by atoms with Crippen LogP contribution in [0.15, 0.2) is 48.5 Å². The lowest BCUT2D eigenvalue weighted by atomic mass is 10.2. The van der Waals surface area contributed by atoms with E-state index in [1.807, 2.05) is 0 Å². The number of carbonyl (C=O) groups excluding carboxylic acids is 3. The number of benzene rings is 2. The molecule has 0 aliphatic heterocycles. The fourth-order valence-electron chi connectivity index (χ4n) is 2.30. The van der Waals surface area contributed by atoms with Gasteiger partial charge >= 0.3 is 11.9 Å². The smallest absolute Gasteiger partial charge is 0.338 e. The van der Waals surface area contributed by atoms with E-state index in [0.717, 1.165) is 6.08 Å². The van der Waals surface area contributed by atoms with Crippen molar-refractivity contribution in [3.8, 4) is 5.75 Å². The van der Waals surface area contributed by atoms with E-state index < -0.39 is 30.3 Å². The lowest BCUT2D eigenvalue weighted by Crippen LogP contribution is -2.20. The van der Waals surface area contributed by atoms with Crippen molar-refractivity contribution < 1.29 is 33.0 Å². The number of methoxy groups -OCH3 is 1. The number of anilines is 1. The molecule has 0 saturated carbocycles. The van der Waals surface area contributed by atoms with Crippen molar-refractivity contribution in [1.82, 2.24) is 0 Å². The van der Waals surface area contributed by atoms with Crippen molar-refractivity contribution in [2.24, 2.45) is 0 Å². The van der Waals surface area contributed by atoms with Crippen LogP contribution in [0, 0.1) is 5.82 Å². The highest BCUT2D eigenvalue weighted by Gasteiger charge is 2.10. The van der Waals surface area contributed by atoms with E-state index >= 15 is 0 Å². The monoisotopic (exact) mass is 415 g/mol. The third-order valence-electron chi connectivity index (χ3n) is 3.68. The van der Waals surface area contributed by atoms with Crippen LogP contribution in [0.2, 0.25) is 0 Å². The fraction of sp³-hybridized carbons (Fsp3) is 0.227. The molecule has 0 spiro atoms. The van der Waals surface area contributed by atoms with Crippen molar-refractivity contribution in [1.29, 1.82) is 0 Å². The number of halogens is 1. The first-order valence-corrected chi connectivity index (χ1v) is 9.07. The van der Waals surface area contributed by atoms with Gasteiger partial charge < -0.3 is 19.5 Å². The quantitative estimate of drug-likeness (QED) is 0.523. The van der Waals surface area contributed by atoms with Crippen molar-refractivity contribution in [3.05, 3.63) is 65.5 Å². The number of ether oxygens (including phenoxy) is 3. The molecule has 2 aromatic carbocycles. The third kappa shape index (κ3) is 7.05. The normalized spacial score (nSPS) is 10.7. The van der Waals surface area contributed by atoms with E-state index in [4.69, 9.17) is 14.2 Å². The summed E-state index contributed by atoms with van der Waals surface area (Å²) in [6.45, 7) is 2.99. The number of amides is 1. The molecule has 2 aromatic rings. The lowest BCUT2D eigenvalue weighted by molar-refractivity contribution is -0.142. The number of esters is 2. The van der Waals surface area contributed by atoms with Crippen LogP contribution in [0.3, 0.4) is 0 Å². The molecule has 30 heavy (non-hydrogen) atoms. The van der Waals surface area contributed by atoms with E-state index in [0.29, 0.717) is 16.8 Å². The molecule has 8 heteroatoms. The first-order valence-electron chi connectivity index (χ1n) is 9.07. The highest BCUT2D eigenvalue weighted by Crippen LogP contribution is 2.18. The highest BCUT2D eigenvalue weighted by atomic mass is 19.1. The van der Waals surface area contributed by atoms with Gasteiger partial charge in [-0.25, -0.2) is 14.0 Å². The fourth-order valence-corrected chi connectivity index (χ4v) is 2.30. The molecule has 0 fully saturated rings. The molecule has 0 aromatic heterocycles. The lowest BCUT2D eigenvalue weighted by Gasteiger charge is -2.09. The van der Waals surface area contributed by atoms with Gasteiger partial charge in [-0.2, -0.15) is 0 Å². The molecule has 0 aliphatic rings. The number of rotatable bonds is 8. The van der Waals surface area contributed by atoms with E-state index in [2.05, 4.69) is 5.32 Å². The van der Waals surface area contributed by atoms with Gasteiger partial charge in [-0.1, -0.05) is 6.07 Å². The minimum Gasteiger partial charge on any atom is -0.494 e. The van der Waals surface area contributed by atoms with Gasteiger partial charge in [0, 0.05) is 11.8 Å². The molecule has 1 amide bonds. The Morgan fingerprint density at radius 3 is 2.40 bits per heavy atom. The van der Waals surface area contributed by atoms with Crippen LogP contribution < -0.4 is 10.1 Å². The summed E-state index contributed by atoms with van der Waals surface area (Å²) in [5, 5.41) is 2.54. The van der Waals surface area contributed by atoms with Crippen molar-refractivity contribution in [3.63, 3.8) is 0 Å². The minimum absolute atomic E-state index is 0.0937. The van der Waals surface area contributed by atoms with Crippen LogP contribution in [0.1, 0.15) is 29.8 Å². The Labute approximate surface area is 173 Å². The van der Waals surface area contributed by atoms with Gasteiger partial charge in [0.1, 0.15) is 0 Å². The summed E-state index contributed by atoms with van der Waals surface area (Å²) in [6.07, 6.45) is 2.21. The van der Waals surface area contributed by atoms with E-state index in [-0.39, 0.29) is 11.9 Å². The molecule has 0 atom stereocenters. The van der Waals surface area contributed by atoms with Crippen molar-refractivity contribution in [2.45, 2.75) is 20.0 Å². The van der Waals surface area contributed by atoms with Gasteiger partial charge in [0.2, 0.25) is 0 Å². The summed E-state index contributed by atoms with van der Waals surface area (Å²) < 4.78 is 28.3. The standard InChI is InChI=1S/C22H22FNO6/c1-14(2)30-22(27)16-6-8-17(9-7-16)24-20(25)13-29-21(26)11-5-15-4-10-19(28-3)18(23)12-15/h4-12,14H,13H2,1-3H3,(H,24,25)/b11-5+. The maximum Gasteiger partial charge on any atom is 0.338 e. The van der Waals surface area contributed by atoms with Crippen LogP contribution in [0.5, 0.6) is 5.75 Å². The zero-order valence-corrected chi connectivity index (χ0v) is 16.8. The second kappa shape index (κ2) is 10.8. The highest BCUT2D eigenvalue weighted by molar-refractivity contribution is 5.95. The van der Waals surface area contributed by atoms with Gasteiger partial charge in [-0.3, -0.25) is 4.79 Å². The average molecular weight is 415 g/mol. The Balaban J connectivity index is 1.81. The average Bonchev–Trinajstić information content (AvgIpc) is 2.71. The van der Waals surface area contributed by atoms with Crippen molar-refractivity contribution in [2.75, 3.05) is 19.0 Å². The van der Waals surface area contributed by atoms with Gasteiger partial charge in [0.25, 0.3) is 5.91 Å². The Kier molecular flexibility index (Phi) is 8.10. The molecule has 7 nitrogen and oxygen atoms in total. The maximum absolute atomic E-state index is 13.6. The molecular weight excluding hydrogens is 393 g/mol. The van der Waals surface area contributed by atoms with E-state index in [1.54, 1.807) is 19.9 Å².